The number of alkyl halides is 3. The van der Waals surface area contributed by atoms with Gasteiger partial charge in [0.2, 0.25) is 27.7 Å². The Labute approximate surface area is 355 Å². The number of benzene rings is 2. The Kier molecular flexibility index (Phi) is 12.4. The van der Waals surface area contributed by atoms with Gasteiger partial charge in [0.25, 0.3) is 5.91 Å². The zero-order valence-corrected chi connectivity index (χ0v) is 35.3. The van der Waals surface area contributed by atoms with Crippen LogP contribution < -0.4 is 29.6 Å². The van der Waals surface area contributed by atoms with Crippen LogP contribution in [0.15, 0.2) is 60.7 Å². The summed E-state index contributed by atoms with van der Waals surface area (Å²) < 4.78 is 93.9. The third-order valence-corrected chi connectivity index (χ3v) is 12.7. The Hall–Kier alpha value is -5.63. The molecule has 20 heteroatoms. The molecule has 5 atom stereocenters. The fourth-order valence-electron chi connectivity index (χ4n) is 7.56. The number of carbonyl (C=O) groups is 4. The van der Waals surface area contributed by atoms with Crippen molar-refractivity contribution in [3.8, 4) is 28.6 Å². The summed E-state index contributed by atoms with van der Waals surface area (Å²) in [6.07, 6.45) is -2.08. The summed E-state index contributed by atoms with van der Waals surface area (Å²) in [4.78, 5) is 62.0. The number of ether oxygens (including phenoxy) is 5. The van der Waals surface area contributed by atoms with Crippen LogP contribution >= 0.6 is 0 Å². The Bertz CT molecular complexity index is 2350. The monoisotopic (exact) mass is 887 g/mol. The van der Waals surface area contributed by atoms with Gasteiger partial charge >= 0.3 is 12.5 Å². The fraction of sp³-hybridized carbons (Fsp3) is 0.500. The average molecular weight is 888 g/mol. The van der Waals surface area contributed by atoms with Crippen LogP contribution in [0.3, 0.4) is 0 Å². The van der Waals surface area contributed by atoms with Gasteiger partial charge in [0, 0.05) is 29.9 Å². The molecule has 2 aliphatic carbocycles. The summed E-state index contributed by atoms with van der Waals surface area (Å²) in [6.45, 7) is 5.16. The van der Waals surface area contributed by atoms with Gasteiger partial charge in [-0.15, -0.1) is 13.2 Å². The Morgan fingerprint density at radius 3 is 2.42 bits per heavy atom. The summed E-state index contributed by atoms with van der Waals surface area (Å²) in [5, 5.41) is 5.84. The van der Waals surface area contributed by atoms with Gasteiger partial charge in [-0.2, -0.15) is 0 Å². The smallest absolute Gasteiger partial charge is 0.497 e. The molecule has 0 bridgehead atoms. The second-order valence-electron chi connectivity index (χ2n) is 16.7. The van der Waals surface area contributed by atoms with Crippen LogP contribution in [0, 0.1) is 5.92 Å². The minimum Gasteiger partial charge on any atom is -0.497 e. The SMILES string of the molecule is COc1ccc2c(O[C@@H]3C[C@H]4C(=O)N[C@]5(C(=O)NS(=O)(=O)C6CC6)C[C@H]5/C=C\COCCC[C@H](NC(=O)OC(C)(C)C)C(=O)N4C3)nc(-c3ccc(OC(F)(F)F)cc3)cc2c1. The number of methoxy groups -OCH3 is 1. The molecular weight excluding hydrogens is 840 g/mol. The van der Waals surface area contributed by atoms with Gasteiger partial charge in [-0.05, 0) is 107 Å². The Morgan fingerprint density at radius 2 is 1.74 bits per heavy atom. The first kappa shape index (κ1) is 44.4. The Morgan fingerprint density at radius 1 is 1.02 bits per heavy atom. The molecule has 0 unspecified atom stereocenters. The van der Waals surface area contributed by atoms with Crippen LogP contribution in [0.5, 0.6) is 17.4 Å². The van der Waals surface area contributed by atoms with E-state index in [4.69, 9.17) is 23.9 Å². The van der Waals surface area contributed by atoms with E-state index in [9.17, 15) is 40.8 Å². The number of amides is 4. The second kappa shape index (κ2) is 17.3. The predicted octanol–water partition coefficient (Wildman–Crippen LogP) is 4.90. The number of pyridine rings is 1. The second-order valence-corrected chi connectivity index (χ2v) is 18.7. The highest BCUT2D eigenvalue weighted by Crippen LogP contribution is 2.46. The number of carbonyl (C=O) groups excluding carboxylic acids is 4. The van der Waals surface area contributed by atoms with E-state index in [0.717, 1.165) is 12.1 Å². The molecule has 1 saturated heterocycles. The van der Waals surface area contributed by atoms with Crippen molar-refractivity contribution in [2.75, 3.05) is 26.9 Å². The van der Waals surface area contributed by atoms with Crippen LogP contribution in [0.1, 0.15) is 59.3 Å². The molecule has 4 aliphatic rings. The van der Waals surface area contributed by atoms with Crippen molar-refractivity contribution in [1.82, 2.24) is 25.2 Å². The van der Waals surface area contributed by atoms with E-state index in [2.05, 4.69) is 20.1 Å². The molecular formula is C42H48F3N5O11S. The summed E-state index contributed by atoms with van der Waals surface area (Å²) in [7, 11) is -2.50. The van der Waals surface area contributed by atoms with Crippen LogP contribution in [0.25, 0.3) is 22.0 Å². The van der Waals surface area contributed by atoms with Gasteiger partial charge < -0.3 is 39.2 Å². The van der Waals surface area contributed by atoms with E-state index in [-0.39, 0.29) is 44.9 Å². The highest BCUT2D eigenvalue weighted by atomic mass is 32.2. The molecule has 16 nitrogen and oxygen atoms in total. The van der Waals surface area contributed by atoms with Gasteiger partial charge in [-0.25, -0.2) is 18.2 Å². The summed E-state index contributed by atoms with van der Waals surface area (Å²) >= 11 is 0. The van der Waals surface area contributed by atoms with Crippen molar-refractivity contribution in [1.29, 1.82) is 0 Å². The number of alkyl carbamates (subject to hydrolysis) is 1. The predicted molar refractivity (Wildman–Crippen MR) is 216 cm³/mol. The molecule has 334 valence electrons. The lowest BCUT2D eigenvalue weighted by atomic mass is 10.1. The molecule has 0 spiro atoms. The number of hydrogen-bond donors (Lipinski definition) is 3. The zero-order valence-electron chi connectivity index (χ0n) is 34.5. The average Bonchev–Trinajstić information content (AvgIpc) is 4.12. The normalized spacial score (nSPS) is 25.2. The molecule has 2 aromatic carbocycles. The highest BCUT2D eigenvalue weighted by molar-refractivity contribution is 7.91. The number of nitrogens with one attached hydrogen (secondary N) is 3. The maximum Gasteiger partial charge on any atom is 0.573 e. The minimum atomic E-state index is -4.89. The molecule has 0 radical (unpaired) electrons. The summed E-state index contributed by atoms with van der Waals surface area (Å²) in [5.41, 5.74) is -1.81. The van der Waals surface area contributed by atoms with Gasteiger partial charge in [0.05, 0.1) is 31.2 Å². The van der Waals surface area contributed by atoms with Crippen LogP contribution in [0.4, 0.5) is 18.0 Å². The van der Waals surface area contributed by atoms with E-state index in [0.29, 0.717) is 47.0 Å². The number of aromatic nitrogens is 1. The molecule has 3 heterocycles. The maximum atomic E-state index is 14.6. The van der Waals surface area contributed by atoms with Gasteiger partial charge in [0.15, 0.2) is 0 Å². The minimum absolute atomic E-state index is 0.0745. The molecule has 3 N–H and O–H groups in total. The first-order chi connectivity index (χ1) is 29.2. The molecule has 3 aromatic rings. The topological polar surface area (TPSA) is 201 Å². The fourth-order valence-corrected chi connectivity index (χ4v) is 8.93. The number of nitrogens with zero attached hydrogens (tertiary/aromatic N) is 2. The van der Waals surface area contributed by atoms with E-state index in [1.165, 1.54) is 24.1 Å². The van der Waals surface area contributed by atoms with Crippen LogP contribution in [0.2, 0.25) is 0 Å². The summed E-state index contributed by atoms with van der Waals surface area (Å²) in [6, 6.07) is 9.44. The molecule has 7 rings (SSSR count). The van der Waals surface area contributed by atoms with Crippen molar-refractivity contribution in [2.24, 2.45) is 5.92 Å². The number of hydrogen-bond acceptors (Lipinski definition) is 12. The van der Waals surface area contributed by atoms with Crippen molar-refractivity contribution in [3.05, 3.63) is 60.7 Å². The first-order valence-electron chi connectivity index (χ1n) is 20.2. The zero-order chi connectivity index (χ0) is 44.6. The van der Waals surface area contributed by atoms with E-state index in [1.807, 2.05) is 0 Å². The lowest BCUT2D eigenvalue weighted by Gasteiger charge is -2.30. The lowest BCUT2D eigenvalue weighted by molar-refractivity contribution is -0.274. The van der Waals surface area contributed by atoms with E-state index >= 15 is 0 Å². The van der Waals surface area contributed by atoms with Crippen molar-refractivity contribution < 1.29 is 64.5 Å². The van der Waals surface area contributed by atoms with Crippen molar-refractivity contribution in [3.63, 3.8) is 0 Å². The molecule has 2 aliphatic heterocycles. The number of sulfonamides is 1. The summed E-state index contributed by atoms with van der Waals surface area (Å²) in [5.74, 6) is -2.74. The van der Waals surface area contributed by atoms with Gasteiger partial charge in [-0.1, -0.05) is 12.2 Å². The van der Waals surface area contributed by atoms with E-state index < -0.39 is 86.4 Å². The van der Waals surface area contributed by atoms with Crippen LogP contribution in [-0.2, 0) is 33.9 Å². The standard InChI is InChI=1S/C42H48F3N5O11S/c1-40(2,3)61-39(54)47-32-8-6-18-58-17-5-7-26-22-41(26,38(53)49-62(55,56)30-14-15-30)48-35(51)34-21-29(23-50(34)37(32)52)59-36-31-16-13-28(57-4)19-25(31)20-33(46-36)24-9-11-27(12-10-24)60-42(43,44)45/h5,7,9-13,16,19-20,26,29-30,32,34H,6,8,14-15,17-18,21-23H2,1-4H3,(H,47,54)(H,48,51)(H,49,53)/b7-5-/t26-,29-,32+,34+,41-/m1/s1. The Balaban J connectivity index is 1.23. The maximum absolute atomic E-state index is 14.6. The van der Waals surface area contributed by atoms with E-state index in [1.54, 1.807) is 57.2 Å². The lowest BCUT2D eigenvalue weighted by Crippen LogP contribution is -2.58. The first-order valence-corrected chi connectivity index (χ1v) is 21.7. The highest BCUT2D eigenvalue weighted by Gasteiger charge is 2.62. The van der Waals surface area contributed by atoms with Gasteiger partial charge in [0.1, 0.15) is 40.8 Å². The third-order valence-electron chi connectivity index (χ3n) is 10.8. The molecule has 1 aromatic heterocycles. The van der Waals surface area contributed by atoms with Crippen molar-refractivity contribution in [2.45, 2.75) is 100 Å². The van der Waals surface area contributed by atoms with Crippen molar-refractivity contribution >= 4 is 44.6 Å². The number of halogens is 3. The third kappa shape index (κ3) is 10.5. The molecule has 2 saturated carbocycles. The quantitative estimate of drug-likeness (QED) is 0.246. The number of fused-ring (bicyclic) bond motifs is 3. The largest absolute Gasteiger partial charge is 0.573 e. The van der Waals surface area contributed by atoms with Gasteiger partial charge in [-0.3, -0.25) is 19.1 Å². The number of rotatable bonds is 9. The molecule has 3 fully saturated rings. The molecule has 4 amide bonds. The molecule has 62 heavy (non-hydrogen) atoms. The van der Waals surface area contributed by atoms with Crippen LogP contribution in [-0.4, -0.2) is 110 Å².